The largest absolute Gasteiger partial charge is 0.480 e. The number of carboxylic acid groups (broad SMARTS) is 1. The Morgan fingerprint density at radius 1 is 1.37 bits per heavy atom. The molecule has 2 rings (SSSR count). The molecule has 0 aliphatic carbocycles. The minimum absolute atomic E-state index is 0.128. The van der Waals surface area contributed by atoms with Gasteiger partial charge in [0, 0.05) is 6.54 Å². The van der Waals surface area contributed by atoms with E-state index in [0.717, 1.165) is 19.3 Å². The van der Waals surface area contributed by atoms with Crippen LogP contribution in [0.25, 0.3) is 0 Å². The molecule has 2 unspecified atom stereocenters. The Morgan fingerprint density at radius 2 is 2.11 bits per heavy atom. The van der Waals surface area contributed by atoms with Gasteiger partial charge in [-0.2, -0.15) is 0 Å². The molecule has 2 heterocycles. The maximum Gasteiger partial charge on any atom is 0.320 e. The van der Waals surface area contributed by atoms with Gasteiger partial charge in [0.25, 0.3) is 0 Å². The average molecular weight is 268 g/mol. The Kier molecular flexibility index (Phi) is 4.19. The van der Waals surface area contributed by atoms with Crippen LogP contribution in [-0.2, 0) is 14.4 Å². The number of hydrogen-bond donors (Lipinski definition) is 1. The molecule has 2 atom stereocenters. The van der Waals surface area contributed by atoms with E-state index in [-0.39, 0.29) is 18.2 Å². The highest BCUT2D eigenvalue weighted by Gasteiger charge is 2.45. The van der Waals surface area contributed by atoms with E-state index in [1.54, 1.807) is 4.90 Å². The van der Waals surface area contributed by atoms with Gasteiger partial charge in [-0.3, -0.25) is 24.2 Å². The SMILES string of the molecule is CCCN1C(=O)CC(N2CCCCC2C(=O)O)C1=O. The Bertz CT molecular complexity index is 396. The van der Waals surface area contributed by atoms with Crippen molar-refractivity contribution < 1.29 is 19.5 Å². The predicted molar refractivity (Wildman–Crippen MR) is 67.4 cm³/mol. The van der Waals surface area contributed by atoms with Crippen LogP contribution in [0.2, 0.25) is 0 Å². The zero-order chi connectivity index (χ0) is 14.0. The molecule has 0 saturated carbocycles. The van der Waals surface area contributed by atoms with Gasteiger partial charge in [-0.25, -0.2) is 0 Å². The Morgan fingerprint density at radius 3 is 2.74 bits per heavy atom. The number of carboxylic acids is 1. The molecular weight excluding hydrogens is 248 g/mol. The van der Waals surface area contributed by atoms with Gasteiger partial charge in [-0.05, 0) is 25.8 Å². The highest BCUT2D eigenvalue weighted by atomic mass is 16.4. The highest BCUT2D eigenvalue weighted by Crippen LogP contribution is 2.26. The number of likely N-dealkylation sites (tertiary alicyclic amines) is 2. The van der Waals surface area contributed by atoms with E-state index >= 15 is 0 Å². The molecule has 2 fully saturated rings. The summed E-state index contributed by atoms with van der Waals surface area (Å²) in [5, 5.41) is 9.24. The first-order valence-corrected chi connectivity index (χ1v) is 6.89. The van der Waals surface area contributed by atoms with Gasteiger partial charge in [0.05, 0.1) is 12.5 Å². The smallest absolute Gasteiger partial charge is 0.320 e. The van der Waals surface area contributed by atoms with Gasteiger partial charge in [0.15, 0.2) is 0 Å². The van der Waals surface area contributed by atoms with E-state index in [0.29, 0.717) is 19.5 Å². The van der Waals surface area contributed by atoms with Gasteiger partial charge in [0.1, 0.15) is 6.04 Å². The molecule has 6 heteroatoms. The fraction of sp³-hybridized carbons (Fsp3) is 0.769. The number of aliphatic carboxylic acids is 1. The standard InChI is InChI=1S/C13H20N2O4/c1-2-6-15-11(16)8-10(12(15)17)14-7-4-3-5-9(14)13(18)19/h9-10H,2-8H2,1H3,(H,18,19). The molecule has 0 aromatic rings. The summed E-state index contributed by atoms with van der Waals surface area (Å²) in [6.45, 7) is 2.93. The monoisotopic (exact) mass is 268 g/mol. The summed E-state index contributed by atoms with van der Waals surface area (Å²) in [7, 11) is 0. The summed E-state index contributed by atoms with van der Waals surface area (Å²) in [6, 6.07) is -1.20. The fourth-order valence-electron chi connectivity index (χ4n) is 2.98. The third kappa shape index (κ3) is 2.63. The Balaban J connectivity index is 2.14. The van der Waals surface area contributed by atoms with Gasteiger partial charge in [0.2, 0.25) is 11.8 Å². The van der Waals surface area contributed by atoms with Crippen LogP contribution >= 0.6 is 0 Å². The lowest BCUT2D eigenvalue weighted by molar-refractivity contribution is -0.147. The number of nitrogens with zero attached hydrogens (tertiary/aromatic N) is 2. The van der Waals surface area contributed by atoms with E-state index in [1.807, 2.05) is 6.92 Å². The predicted octanol–water partition coefficient (Wildman–Crippen LogP) is 0.463. The van der Waals surface area contributed by atoms with Crippen LogP contribution in [0, 0.1) is 0 Å². The van der Waals surface area contributed by atoms with Crippen molar-refractivity contribution in [3.8, 4) is 0 Å². The minimum atomic E-state index is -0.895. The van der Waals surface area contributed by atoms with Crippen molar-refractivity contribution in [3.05, 3.63) is 0 Å². The molecule has 106 valence electrons. The maximum absolute atomic E-state index is 12.2. The molecule has 0 aromatic heterocycles. The van der Waals surface area contributed by atoms with Gasteiger partial charge < -0.3 is 5.11 Å². The van der Waals surface area contributed by atoms with Crippen molar-refractivity contribution in [3.63, 3.8) is 0 Å². The summed E-state index contributed by atoms with van der Waals surface area (Å²) in [6.07, 6.45) is 3.16. The number of rotatable bonds is 4. The second kappa shape index (κ2) is 5.69. The maximum atomic E-state index is 12.2. The van der Waals surface area contributed by atoms with Crippen LogP contribution < -0.4 is 0 Å². The molecule has 2 amide bonds. The number of imide groups is 1. The van der Waals surface area contributed by atoms with Crippen molar-refractivity contribution in [2.45, 2.75) is 51.1 Å². The van der Waals surface area contributed by atoms with Gasteiger partial charge in [-0.1, -0.05) is 13.3 Å². The van der Waals surface area contributed by atoms with Crippen molar-refractivity contribution >= 4 is 17.8 Å². The topological polar surface area (TPSA) is 77.9 Å². The third-order valence-corrected chi connectivity index (χ3v) is 3.90. The normalized spacial score (nSPS) is 29.0. The number of carbonyl (C=O) groups is 3. The summed E-state index contributed by atoms with van der Waals surface area (Å²) in [5.41, 5.74) is 0. The van der Waals surface area contributed by atoms with Gasteiger partial charge >= 0.3 is 5.97 Å². The molecule has 2 aliphatic rings. The lowest BCUT2D eigenvalue weighted by Gasteiger charge is -2.36. The summed E-state index contributed by atoms with van der Waals surface area (Å²) >= 11 is 0. The van der Waals surface area contributed by atoms with Crippen LogP contribution in [-0.4, -0.2) is 57.9 Å². The zero-order valence-electron chi connectivity index (χ0n) is 11.2. The van der Waals surface area contributed by atoms with Crippen LogP contribution in [0.5, 0.6) is 0 Å². The molecule has 2 saturated heterocycles. The van der Waals surface area contributed by atoms with Crippen molar-refractivity contribution in [1.29, 1.82) is 0 Å². The summed E-state index contributed by atoms with van der Waals surface area (Å²) < 4.78 is 0. The first-order chi connectivity index (χ1) is 9.06. The molecule has 19 heavy (non-hydrogen) atoms. The van der Waals surface area contributed by atoms with E-state index < -0.39 is 18.1 Å². The molecule has 1 N–H and O–H groups in total. The third-order valence-electron chi connectivity index (χ3n) is 3.90. The molecule has 0 spiro atoms. The highest BCUT2D eigenvalue weighted by molar-refractivity contribution is 6.05. The first kappa shape index (κ1) is 14.0. The summed E-state index contributed by atoms with van der Waals surface area (Å²) in [5.74, 6) is -1.29. The van der Waals surface area contributed by atoms with Crippen molar-refractivity contribution in [2.24, 2.45) is 0 Å². The number of piperidine rings is 1. The number of hydrogen-bond acceptors (Lipinski definition) is 4. The quantitative estimate of drug-likeness (QED) is 0.750. The van der Waals surface area contributed by atoms with Crippen LogP contribution in [0.15, 0.2) is 0 Å². The Labute approximate surface area is 112 Å². The van der Waals surface area contributed by atoms with Crippen LogP contribution in [0.4, 0.5) is 0 Å². The van der Waals surface area contributed by atoms with E-state index in [1.165, 1.54) is 4.90 Å². The molecule has 0 radical (unpaired) electrons. The van der Waals surface area contributed by atoms with Crippen LogP contribution in [0.1, 0.15) is 39.0 Å². The second-order valence-electron chi connectivity index (χ2n) is 5.19. The first-order valence-electron chi connectivity index (χ1n) is 6.89. The van der Waals surface area contributed by atoms with Crippen LogP contribution in [0.3, 0.4) is 0 Å². The Hall–Kier alpha value is -1.43. The van der Waals surface area contributed by atoms with E-state index in [2.05, 4.69) is 0 Å². The molecule has 6 nitrogen and oxygen atoms in total. The zero-order valence-corrected chi connectivity index (χ0v) is 11.2. The lowest BCUT2D eigenvalue weighted by atomic mass is 9.99. The average Bonchev–Trinajstić information content (AvgIpc) is 2.67. The van der Waals surface area contributed by atoms with Crippen molar-refractivity contribution in [1.82, 2.24) is 9.80 Å². The van der Waals surface area contributed by atoms with Crippen molar-refractivity contribution in [2.75, 3.05) is 13.1 Å². The van der Waals surface area contributed by atoms with Gasteiger partial charge in [-0.15, -0.1) is 0 Å². The molecule has 0 aromatic carbocycles. The lowest BCUT2D eigenvalue weighted by Crippen LogP contribution is -2.52. The fourth-order valence-corrected chi connectivity index (χ4v) is 2.98. The molecule has 0 bridgehead atoms. The second-order valence-corrected chi connectivity index (χ2v) is 5.19. The molecular formula is C13H20N2O4. The summed E-state index contributed by atoms with van der Waals surface area (Å²) in [4.78, 5) is 38.3. The number of amides is 2. The number of carbonyl (C=O) groups excluding carboxylic acids is 2. The molecule has 2 aliphatic heterocycles. The van der Waals surface area contributed by atoms with E-state index in [9.17, 15) is 19.5 Å². The minimum Gasteiger partial charge on any atom is -0.480 e. The van der Waals surface area contributed by atoms with E-state index in [4.69, 9.17) is 0 Å².